The number of esters is 1. The highest BCUT2D eigenvalue weighted by atomic mass is 16.5. The maximum atomic E-state index is 12.4. The second kappa shape index (κ2) is 11.2. The van der Waals surface area contributed by atoms with Gasteiger partial charge in [0.15, 0.2) is 6.10 Å². The summed E-state index contributed by atoms with van der Waals surface area (Å²) in [5.74, 6) is -0.180. The summed E-state index contributed by atoms with van der Waals surface area (Å²) in [5, 5.41) is 2.82. The minimum atomic E-state index is -0.906. The van der Waals surface area contributed by atoms with Gasteiger partial charge >= 0.3 is 5.97 Å². The van der Waals surface area contributed by atoms with Gasteiger partial charge in [0.1, 0.15) is 5.75 Å². The highest BCUT2D eigenvalue weighted by Gasteiger charge is 2.19. The molecule has 0 saturated carbocycles. The summed E-state index contributed by atoms with van der Waals surface area (Å²) in [4.78, 5) is 24.7. The second-order valence-corrected chi connectivity index (χ2v) is 7.22. The summed E-state index contributed by atoms with van der Waals surface area (Å²) in [6.07, 6.45) is 3.67. The molecule has 0 saturated heterocycles. The van der Waals surface area contributed by atoms with Crippen molar-refractivity contribution in [2.75, 3.05) is 11.9 Å². The third-order valence-electron chi connectivity index (χ3n) is 4.87. The van der Waals surface area contributed by atoms with Crippen LogP contribution >= 0.6 is 0 Å². The first-order valence-electron chi connectivity index (χ1n) is 10.2. The number of nitrogens with one attached hydrogen (secondary N) is 1. The first-order valence-corrected chi connectivity index (χ1v) is 10.2. The Morgan fingerprint density at radius 2 is 1.72 bits per heavy atom. The molecule has 5 nitrogen and oxygen atoms in total. The number of aryl methyl sites for hydroxylation is 1. The van der Waals surface area contributed by atoms with Crippen molar-refractivity contribution < 1.29 is 19.1 Å². The Morgan fingerprint density at radius 3 is 2.41 bits per heavy atom. The fourth-order valence-electron chi connectivity index (χ4n) is 2.81. The van der Waals surface area contributed by atoms with Crippen molar-refractivity contribution in [3.05, 3.63) is 59.2 Å². The van der Waals surface area contributed by atoms with Crippen LogP contribution in [-0.4, -0.2) is 24.6 Å². The van der Waals surface area contributed by atoms with Gasteiger partial charge < -0.3 is 14.8 Å². The Balaban J connectivity index is 1.85. The molecule has 0 fully saturated rings. The van der Waals surface area contributed by atoms with Crippen molar-refractivity contribution in [1.29, 1.82) is 0 Å². The lowest BCUT2D eigenvalue weighted by Gasteiger charge is -2.15. The number of ether oxygens (including phenoxy) is 2. The van der Waals surface area contributed by atoms with Crippen LogP contribution in [0.3, 0.4) is 0 Å². The van der Waals surface area contributed by atoms with E-state index in [1.807, 2.05) is 32.0 Å². The van der Waals surface area contributed by atoms with Crippen molar-refractivity contribution in [3.63, 3.8) is 0 Å². The molecule has 2 rings (SSSR count). The van der Waals surface area contributed by atoms with E-state index >= 15 is 0 Å². The Bertz CT molecular complexity index is 814. The molecule has 0 aliphatic heterocycles. The summed E-state index contributed by atoms with van der Waals surface area (Å²) in [7, 11) is 0. The molecular weight excluding hydrogens is 366 g/mol. The second-order valence-electron chi connectivity index (χ2n) is 7.22. The predicted octanol–water partition coefficient (Wildman–Crippen LogP) is 5.45. The molecule has 0 bridgehead atoms. The van der Waals surface area contributed by atoms with E-state index in [1.54, 1.807) is 31.2 Å². The number of anilines is 1. The van der Waals surface area contributed by atoms with E-state index in [4.69, 9.17) is 9.47 Å². The molecule has 29 heavy (non-hydrogen) atoms. The lowest BCUT2D eigenvalue weighted by molar-refractivity contribution is -0.123. The maximum Gasteiger partial charge on any atom is 0.338 e. The number of unbranched alkanes of at least 4 members (excludes halogenated alkanes) is 3. The summed E-state index contributed by atoms with van der Waals surface area (Å²) in [6.45, 7) is 8.32. The molecule has 2 aromatic carbocycles. The smallest absolute Gasteiger partial charge is 0.338 e. The molecule has 0 aliphatic rings. The summed E-state index contributed by atoms with van der Waals surface area (Å²) in [5.41, 5.74) is 3.18. The lowest BCUT2D eigenvalue weighted by Crippen LogP contribution is -2.30. The molecule has 0 heterocycles. The zero-order valence-corrected chi connectivity index (χ0v) is 17.8. The SMILES string of the molecule is CCCCCCOc1ccc(C(=O)O[C@H](C)C(=O)Nc2cccc(C)c2C)cc1. The number of hydrogen-bond acceptors (Lipinski definition) is 4. The quantitative estimate of drug-likeness (QED) is 0.428. The van der Waals surface area contributed by atoms with Gasteiger partial charge in [-0.3, -0.25) is 4.79 Å². The third kappa shape index (κ3) is 6.93. The molecule has 0 radical (unpaired) electrons. The zero-order chi connectivity index (χ0) is 21.2. The number of carbonyl (C=O) groups is 2. The van der Waals surface area contributed by atoms with E-state index in [-0.39, 0.29) is 5.91 Å². The van der Waals surface area contributed by atoms with Crippen LogP contribution in [0.4, 0.5) is 5.69 Å². The van der Waals surface area contributed by atoms with Crippen molar-refractivity contribution >= 4 is 17.6 Å². The van der Waals surface area contributed by atoms with Crippen LogP contribution in [0.1, 0.15) is 61.0 Å². The molecule has 0 aromatic heterocycles. The van der Waals surface area contributed by atoms with E-state index < -0.39 is 12.1 Å². The molecule has 0 unspecified atom stereocenters. The van der Waals surface area contributed by atoms with E-state index in [2.05, 4.69) is 12.2 Å². The number of hydrogen-bond donors (Lipinski definition) is 1. The van der Waals surface area contributed by atoms with E-state index in [1.165, 1.54) is 12.8 Å². The van der Waals surface area contributed by atoms with Crippen LogP contribution in [0.2, 0.25) is 0 Å². The van der Waals surface area contributed by atoms with Crippen LogP contribution in [0.25, 0.3) is 0 Å². The molecule has 5 heteroatoms. The molecule has 0 aliphatic carbocycles. The molecular formula is C24H31NO4. The van der Waals surface area contributed by atoms with Crippen LogP contribution in [-0.2, 0) is 9.53 Å². The normalized spacial score (nSPS) is 11.6. The molecule has 1 N–H and O–H groups in total. The van der Waals surface area contributed by atoms with Gasteiger partial charge in [0.25, 0.3) is 5.91 Å². The van der Waals surface area contributed by atoms with Crippen LogP contribution in [0.15, 0.2) is 42.5 Å². The van der Waals surface area contributed by atoms with Gasteiger partial charge in [0.2, 0.25) is 0 Å². The Morgan fingerprint density at radius 1 is 1.00 bits per heavy atom. The average molecular weight is 398 g/mol. The van der Waals surface area contributed by atoms with E-state index in [0.29, 0.717) is 12.2 Å². The van der Waals surface area contributed by atoms with E-state index in [0.717, 1.165) is 35.4 Å². The van der Waals surface area contributed by atoms with Crippen molar-refractivity contribution in [1.82, 2.24) is 0 Å². The first-order chi connectivity index (χ1) is 13.9. The van der Waals surface area contributed by atoms with Gasteiger partial charge in [-0.1, -0.05) is 38.3 Å². The molecule has 0 spiro atoms. The number of carbonyl (C=O) groups excluding carboxylic acids is 2. The minimum absolute atomic E-state index is 0.362. The monoisotopic (exact) mass is 397 g/mol. The lowest BCUT2D eigenvalue weighted by atomic mass is 10.1. The van der Waals surface area contributed by atoms with E-state index in [9.17, 15) is 9.59 Å². The predicted molar refractivity (Wildman–Crippen MR) is 116 cm³/mol. The maximum absolute atomic E-state index is 12.4. The fraction of sp³-hybridized carbons (Fsp3) is 0.417. The Kier molecular flexibility index (Phi) is 8.71. The fourth-order valence-corrected chi connectivity index (χ4v) is 2.81. The van der Waals surface area contributed by atoms with Crippen LogP contribution in [0.5, 0.6) is 5.75 Å². The molecule has 156 valence electrons. The van der Waals surface area contributed by atoms with Gasteiger partial charge in [0, 0.05) is 5.69 Å². The van der Waals surface area contributed by atoms with Gasteiger partial charge in [-0.05, 0) is 68.7 Å². The van der Waals surface area contributed by atoms with Crippen LogP contribution < -0.4 is 10.1 Å². The zero-order valence-electron chi connectivity index (χ0n) is 17.8. The summed E-state index contributed by atoms with van der Waals surface area (Å²) >= 11 is 0. The summed E-state index contributed by atoms with van der Waals surface area (Å²) < 4.78 is 11.0. The van der Waals surface area contributed by atoms with Gasteiger partial charge in [-0.15, -0.1) is 0 Å². The van der Waals surface area contributed by atoms with Gasteiger partial charge in [-0.25, -0.2) is 4.79 Å². The standard InChI is InChI=1S/C24H31NO4/c1-5-6-7-8-16-28-21-14-12-20(13-15-21)24(27)29-19(4)23(26)25-22-11-9-10-17(2)18(22)3/h9-15,19H,5-8,16H2,1-4H3,(H,25,26)/t19-/m1/s1. The third-order valence-corrected chi connectivity index (χ3v) is 4.87. The molecule has 1 amide bonds. The van der Waals surface area contributed by atoms with Gasteiger partial charge in [0.05, 0.1) is 12.2 Å². The Hall–Kier alpha value is -2.82. The largest absolute Gasteiger partial charge is 0.494 e. The molecule has 1 atom stereocenters. The number of rotatable bonds is 10. The van der Waals surface area contributed by atoms with Gasteiger partial charge in [-0.2, -0.15) is 0 Å². The molecule has 2 aromatic rings. The van der Waals surface area contributed by atoms with Crippen molar-refractivity contribution in [2.24, 2.45) is 0 Å². The van der Waals surface area contributed by atoms with Crippen molar-refractivity contribution in [3.8, 4) is 5.75 Å². The first kappa shape index (κ1) is 22.5. The summed E-state index contributed by atoms with van der Waals surface area (Å²) in [6, 6.07) is 12.5. The number of amides is 1. The minimum Gasteiger partial charge on any atom is -0.494 e. The number of benzene rings is 2. The highest BCUT2D eigenvalue weighted by molar-refractivity contribution is 5.97. The topological polar surface area (TPSA) is 64.6 Å². The Labute approximate surface area is 173 Å². The van der Waals surface area contributed by atoms with Crippen LogP contribution in [0, 0.1) is 13.8 Å². The highest BCUT2D eigenvalue weighted by Crippen LogP contribution is 2.19. The van der Waals surface area contributed by atoms with Crippen molar-refractivity contribution in [2.45, 2.75) is 59.5 Å². The average Bonchev–Trinajstić information content (AvgIpc) is 2.71.